The number of nitrogens with one attached hydrogen (secondary N) is 1. The molecule has 3 saturated heterocycles. The second-order valence-electron chi connectivity index (χ2n) is 12.1. The Bertz CT molecular complexity index is 1620. The molecule has 10 nitrogen and oxygen atoms in total. The molecule has 4 aromatic rings. The zero-order valence-electron chi connectivity index (χ0n) is 25.3. The van der Waals surface area contributed by atoms with Crippen LogP contribution in [-0.2, 0) is 25.6 Å². The van der Waals surface area contributed by atoms with Gasteiger partial charge in [-0.05, 0) is 35.4 Å². The number of piperidine rings is 1. The summed E-state index contributed by atoms with van der Waals surface area (Å²) in [6, 6.07) is 22.9. The van der Waals surface area contributed by atoms with Crippen molar-refractivity contribution in [3.05, 3.63) is 101 Å². The standard InChI is InChI=1S/C35H38N4O6/c1-23-31(21-39-16-14-35(15-17-39)42-18-19-43-35)44-34(45-32(23)25-8-6-24(22-40)7-9-25)26-10-12-27(13-11-26)37-33(41)30-20-36-28-4-2-3-5-29(28)38-30/h2-13,20,23,31-32,34,40H,14-19,21-22H2,1H3,(H,37,41)/t23-,31+,32+,34+/m0/s1. The molecular weight excluding hydrogens is 572 g/mol. The van der Waals surface area contributed by atoms with E-state index >= 15 is 0 Å². The molecule has 3 fully saturated rings. The fraction of sp³-hybridized carbons (Fsp3) is 0.400. The van der Waals surface area contributed by atoms with E-state index in [1.165, 1.54) is 6.20 Å². The molecule has 0 aliphatic carbocycles. The number of aliphatic hydroxyl groups excluding tert-OH is 1. The van der Waals surface area contributed by atoms with Gasteiger partial charge in [0, 0.05) is 49.6 Å². The third-order valence-electron chi connectivity index (χ3n) is 9.11. The van der Waals surface area contributed by atoms with Crippen LogP contribution in [0.15, 0.2) is 79.0 Å². The van der Waals surface area contributed by atoms with Gasteiger partial charge in [-0.3, -0.25) is 9.78 Å². The molecule has 234 valence electrons. The molecule has 0 unspecified atom stereocenters. The Hall–Kier alpha value is -3.77. The number of anilines is 1. The van der Waals surface area contributed by atoms with Crippen molar-refractivity contribution < 1.29 is 28.8 Å². The molecule has 45 heavy (non-hydrogen) atoms. The van der Waals surface area contributed by atoms with Crippen molar-refractivity contribution in [2.75, 3.05) is 38.2 Å². The van der Waals surface area contributed by atoms with Crippen LogP contribution < -0.4 is 5.32 Å². The summed E-state index contributed by atoms with van der Waals surface area (Å²) in [7, 11) is 0. The Balaban J connectivity index is 1.07. The Labute approximate surface area is 262 Å². The van der Waals surface area contributed by atoms with Gasteiger partial charge in [0.2, 0.25) is 0 Å². The average molecular weight is 611 g/mol. The summed E-state index contributed by atoms with van der Waals surface area (Å²) in [5.41, 5.74) is 5.05. The van der Waals surface area contributed by atoms with Crippen LogP contribution in [0, 0.1) is 5.92 Å². The first kappa shape index (κ1) is 29.9. The first-order valence-corrected chi connectivity index (χ1v) is 15.6. The minimum Gasteiger partial charge on any atom is -0.392 e. The highest BCUT2D eigenvalue weighted by Gasteiger charge is 2.43. The van der Waals surface area contributed by atoms with E-state index < -0.39 is 12.1 Å². The maximum Gasteiger partial charge on any atom is 0.275 e. The van der Waals surface area contributed by atoms with Gasteiger partial charge in [-0.1, -0.05) is 55.5 Å². The lowest BCUT2D eigenvalue weighted by atomic mass is 9.89. The van der Waals surface area contributed by atoms with Crippen molar-refractivity contribution in [3.63, 3.8) is 0 Å². The number of nitrogens with zero attached hydrogens (tertiary/aromatic N) is 3. The molecule has 0 radical (unpaired) electrons. The summed E-state index contributed by atoms with van der Waals surface area (Å²) in [6.45, 7) is 6.03. The summed E-state index contributed by atoms with van der Waals surface area (Å²) >= 11 is 0. The predicted octanol–water partition coefficient (Wildman–Crippen LogP) is 5.00. The number of hydrogen-bond acceptors (Lipinski definition) is 9. The van der Waals surface area contributed by atoms with Crippen LogP contribution in [0.4, 0.5) is 5.69 Å². The summed E-state index contributed by atoms with van der Waals surface area (Å²) in [5, 5.41) is 12.5. The molecule has 3 aliphatic rings. The maximum atomic E-state index is 12.9. The van der Waals surface area contributed by atoms with Gasteiger partial charge in [-0.15, -0.1) is 0 Å². The number of carbonyl (C=O) groups excluding carboxylic acids is 1. The first-order valence-electron chi connectivity index (χ1n) is 15.6. The molecule has 1 spiro atoms. The third-order valence-corrected chi connectivity index (χ3v) is 9.11. The summed E-state index contributed by atoms with van der Waals surface area (Å²) in [5.74, 6) is -0.670. The Morgan fingerprint density at radius 3 is 2.33 bits per heavy atom. The Kier molecular flexibility index (Phi) is 8.59. The minimum absolute atomic E-state index is 0.00404. The van der Waals surface area contributed by atoms with Crippen LogP contribution in [0.1, 0.15) is 59.3 Å². The molecule has 3 aromatic carbocycles. The second kappa shape index (κ2) is 12.9. The molecule has 7 rings (SSSR count). The summed E-state index contributed by atoms with van der Waals surface area (Å²) in [6.07, 6.45) is 2.29. The van der Waals surface area contributed by atoms with E-state index in [0.29, 0.717) is 24.4 Å². The van der Waals surface area contributed by atoms with Crippen molar-refractivity contribution >= 4 is 22.6 Å². The molecule has 0 bridgehead atoms. The quantitative estimate of drug-likeness (QED) is 0.298. The second-order valence-corrected chi connectivity index (χ2v) is 12.1. The van der Waals surface area contributed by atoms with E-state index in [4.69, 9.17) is 18.9 Å². The first-order chi connectivity index (χ1) is 22.0. The van der Waals surface area contributed by atoms with Crippen LogP contribution in [0.25, 0.3) is 11.0 Å². The zero-order valence-corrected chi connectivity index (χ0v) is 25.3. The predicted molar refractivity (Wildman–Crippen MR) is 167 cm³/mol. The average Bonchev–Trinajstić information content (AvgIpc) is 3.54. The Morgan fingerprint density at radius 1 is 0.933 bits per heavy atom. The van der Waals surface area contributed by atoms with Gasteiger partial charge in [-0.2, -0.15) is 0 Å². The number of amides is 1. The normalized spacial score (nSPS) is 25.0. The van der Waals surface area contributed by atoms with Crippen molar-refractivity contribution in [1.29, 1.82) is 0 Å². The van der Waals surface area contributed by atoms with Crippen molar-refractivity contribution in [2.45, 2.75) is 50.7 Å². The Morgan fingerprint density at radius 2 is 1.62 bits per heavy atom. The molecule has 1 aromatic heterocycles. The topological polar surface area (TPSA) is 115 Å². The molecule has 2 N–H and O–H groups in total. The van der Waals surface area contributed by atoms with E-state index in [-0.39, 0.29) is 36.3 Å². The number of aromatic nitrogens is 2. The largest absolute Gasteiger partial charge is 0.392 e. The molecule has 0 saturated carbocycles. The van der Waals surface area contributed by atoms with E-state index in [9.17, 15) is 9.90 Å². The van der Waals surface area contributed by atoms with E-state index in [1.807, 2.05) is 72.8 Å². The molecule has 4 heterocycles. The lowest BCUT2D eigenvalue weighted by molar-refractivity contribution is -0.278. The molecule has 1 amide bonds. The monoisotopic (exact) mass is 610 g/mol. The lowest BCUT2D eigenvalue weighted by Gasteiger charge is -2.44. The third kappa shape index (κ3) is 6.48. The number of carbonyl (C=O) groups is 1. The fourth-order valence-corrected chi connectivity index (χ4v) is 6.43. The highest BCUT2D eigenvalue weighted by atomic mass is 16.7. The zero-order chi connectivity index (χ0) is 30.8. The number of fused-ring (bicyclic) bond motifs is 1. The van der Waals surface area contributed by atoms with Crippen molar-refractivity contribution in [3.8, 4) is 0 Å². The van der Waals surface area contributed by atoms with Crippen LogP contribution in [0.5, 0.6) is 0 Å². The van der Waals surface area contributed by atoms with E-state index in [0.717, 1.165) is 54.7 Å². The lowest BCUT2D eigenvalue weighted by Crippen LogP contribution is -2.50. The van der Waals surface area contributed by atoms with Crippen molar-refractivity contribution in [1.82, 2.24) is 14.9 Å². The van der Waals surface area contributed by atoms with Crippen molar-refractivity contribution in [2.24, 2.45) is 5.92 Å². The molecule has 3 aliphatic heterocycles. The number of ether oxygens (including phenoxy) is 4. The van der Waals surface area contributed by atoms with Crippen LogP contribution in [-0.4, -0.2) is 70.6 Å². The van der Waals surface area contributed by atoms with E-state index in [2.05, 4.69) is 27.1 Å². The fourth-order valence-electron chi connectivity index (χ4n) is 6.43. The highest BCUT2D eigenvalue weighted by molar-refractivity contribution is 6.03. The van der Waals surface area contributed by atoms with Crippen LogP contribution in [0.2, 0.25) is 0 Å². The summed E-state index contributed by atoms with van der Waals surface area (Å²) in [4.78, 5) is 24.2. The van der Waals surface area contributed by atoms with Gasteiger partial charge in [0.05, 0.1) is 49.3 Å². The number of rotatable bonds is 7. The maximum absolute atomic E-state index is 12.9. The number of hydrogen-bond donors (Lipinski definition) is 2. The smallest absolute Gasteiger partial charge is 0.275 e. The minimum atomic E-state index is -0.595. The number of benzene rings is 3. The van der Waals surface area contributed by atoms with Crippen LogP contribution in [0.3, 0.4) is 0 Å². The summed E-state index contributed by atoms with van der Waals surface area (Å²) < 4.78 is 25.2. The van der Waals surface area contributed by atoms with Gasteiger partial charge in [-0.25, -0.2) is 4.98 Å². The van der Waals surface area contributed by atoms with Gasteiger partial charge in [0.25, 0.3) is 5.91 Å². The molecular formula is C35H38N4O6. The van der Waals surface area contributed by atoms with Gasteiger partial charge in [0.15, 0.2) is 12.1 Å². The molecule has 4 atom stereocenters. The number of aliphatic hydroxyl groups is 1. The SMILES string of the molecule is C[C@H]1[C@@H](CN2CCC3(CC2)OCCO3)O[C@@H](c2ccc(NC(=O)c3cnc4ccccc4n3)cc2)O[C@H]1c1ccc(CO)cc1. The van der Waals surface area contributed by atoms with Gasteiger partial charge in [0.1, 0.15) is 5.69 Å². The van der Waals surface area contributed by atoms with Gasteiger partial charge < -0.3 is 34.3 Å². The number of para-hydroxylation sites is 2. The molecule has 10 heteroatoms. The van der Waals surface area contributed by atoms with Gasteiger partial charge >= 0.3 is 0 Å². The number of likely N-dealkylation sites (tertiary alicyclic amines) is 1. The van der Waals surface area contributed by atoms with Crippen LogP contribution >= 0.6 is 0 Å². The van der Waals surface area contributed by atoms with E-state index in [1.54, 1.807) is 0 Å². The highest BCUT2D eigenvalue weighted by Crippen LogP contribution is 2.42.